The Bertz CT molecular complexity index is 6190. The quantitative estimate of drug-likeness (QED) is 0.0688. The van der Waals surface area contributed by atoms with E-state index in [1.54, 1.807) is 140 Å². The Hall–Kier alpha value is -10.3. The van der Waals surface area contributed by atoms with Crippen molar-refractivity contribution in [3.63, 3.8) is 0 Å². The van der Waals surface area contributed by atoms with Gasteiger partial charge >= 0.3 is 0 Å². The fraction of sp³-hybridized carbons (Fsp3) is 0.101. The monoisotopic (exact) mass is 2250 g/mol. The van der Waals surface area contributed by atoms with Gasteiger partial charge in [0, 0.05) is 65.1 Å². The number of para-hydroxylation sites is 7. The number of benzene rings is 8. The van der Waals surface area contributed by atoms with Crippen molar-refractivity contribution in [3.8, 4) is 104 Å². The molecule has 8 aromatic heterocycles. The lowest BCUT2D eigenvalue weighted by Crippen LogP contribution is -2.17. The van der Waals surface area contributed by atoms with Crippen LogP contribution in [0.3, 0.4) is 0 Å². The molecule has 35 heteroatoms. The second-order valence-electron chi connectivity index (χ2n) is 24.6. The highest BCUT2D eigenvalue weighted by molar-refractivity contribution is 9.12. The average molecular weight is 2260 g/mol. The Morgan fingerprint density at radius 1 is 0.290 bits per heavy atom. The topological polar surface area (TPSA) is 241 Å². The van der Waals surface area contributed by atoms with Crippen LogP contribution >= 0.6 is 173 Å². The van der Waals surface area contributed by atoms with Crippen molar-refractivity contribution < 1.29 is 52.1 Å². The predicted octanol–water partition coefficient (Wildman–Crippen LogP) is 26.4. The number of aryl methyl sites for hydroxylation is 4. The molecule has 0 aliphatic heterocycles. The molecule has 0 N–H and O–H groups in total. The van der Waals surface area contributed by atoms with E-state index >= 15 is 0 Å². The van der Waals surface area contributed by atoms with Gasteiger partial charge in [-0.3, -0.25) is 19.2 Å². The van der Waals surface area contributed by atoms with Gasteiger partial charge in [0.25, 0.3) is 22.2 Å². The fourth-order valence-corrected chi connectivity index (χ4v) is 14.8. The van der Waals surface area contributed by atoms with E-state index in [1.807, 2.05) is 175 Å². The second-order valence-corrected chi connectivity index (χ2v) is 36.7. The van der Waals surface area contributed by atoms with E-state index in [0.717, 1.165) is 50.3 Å². The van der Waals surface area contributed by atoms with E-state index in [-0.39, 0.29) is 22.2 Å². The summed E-state index contributed by atoms with van der Waals surface area (Å²) in [4.78, 5) is 62.4. The highest BCUT2D eigenvalue weighted by atomic mass is 79.9. The molecule has 0 unspecified atom stereocenters. The molecule has 8 heterocycles. The summed E-state index contributed by atoms with van der Waals surface area (Å²) in [7, 11) is 13.1. The van der Waals surface area contributed by atoms with Gasteiger partial charge in [-0.15, -0.1) is 45.3 Å². The number of ether oxygens (including phenoxy) is 11. The van der Waals surface area contributed by atoms with Crippen molar-refractivity contribution in [2.75, 3.05) is 28.4 Å². The summed E-state index contributed by atoms with van der Waals surface area (Å²) < 4.78 is 72.0. The molecular weight excluding hydrogens is 2190 g/mol. The van der Waals surface area contributed by atoms with Crippen molar-refractivity contribution in [2.45, 2.75) is 6.42 Å². The summed E-state index contributed by atoms with van der Waals surface area (Å²) >= 11 is 32.9. The van der Waals surface area contributed by atoms with E-state index in [0.29, 0.717) is 98.8 Å². The number of methoxy groups -OCH3 is 4. The van der Waals surface area contributed by atoms with Crippen LogP contribution in [0.4, 0.5) is 0 Å². The molecule has 8 aromatic carbocycles. The lowest BCUT2D eigenvalue weighted by molar-refractivity contribution is 0.374. The van der Waals surface area contributed by atoms with Gasteiger partial charge in [0.05, 0.1) is 96.4 Å². The van der Waals surface area contributed by atoms with Crippen LogP contribution in [0.15, 0.2) is 342 Å². The van der Waals surface area contributed by atoms with E-state index in [4.69, 9.17) is 52.1 Å². The number of pyridine rings is 4. The Kier molecular flexibility index (Phi) is 40.3. The van der Waals surface area contributed by atoms with Crippen molar-refractivity contribution in [2.24, 2.45) is 28.2 Å². The van der Waals surface area contributed by atoms with E-state index < -0.39 is 0 Å². The van der Waals surface area contributed by atoms with Crippen molar-refractivity contribution in [1.29, 1.82) is 0 Å². The molecule has 0 amide bonds. The third-order valence-corrected chi connectivity index (χ3v) is 24.5. The van der Waals surface area contributed by atoms with Crippen molar-refractivity contribution in [3.05, 3.63) is 375 Å². The summed E-state index contributed by atoms with van der Waals surface area (Å²) in [6.07, 6.45) is 7.50. The molecule has 0 atom stereocenters. The van der Waals surface area contributed by atoms with Gasteiger partial charge in [-0.2, -0.15) is 0 Å². The molecule has 0 saturated carbocycles. The smallest absolute Gasteiger partial charge is 0.294 e. The fourth-order valence-electron chi connectivity index (χ4n) is 9.67. The maximum atomic E-state index is 11.8. The minimum Gasteiger partial charge on any atom is -0.497 e. The zero-order valence-electron chi connectivity index (χ0n) is 66.8. The largest absolute Gasteiger partial charge is 0.497 e. The number of nitrogens with zero attached hydrogens (tertiary/aromatic N) is 8. The first-order chi connectivity index (χ1) is 59.9. The first-order valence-electron chi connectivity index (χ1n) is 36.2. The van der Waals surface area contributed by atoms with Gasteiger partial charge in [0.15, 0.2) is 40.2 Å². The molecule has 0 saturated heterocycles. The highest BCUT2D eigenvalue weighted by Gasteiger charge is 2.15. The first-order valence-corrected chi connectivity index (χ1v) is 46.0. The van der Waals surface area contributed by atoms with Crippen LogP contribution in [0.5, 0.6) is 104 Å². The summed E-state index contributed by atoms with van der Waals surface area (Å²) in [5.74, 6) is 11.5. The molecule has 0 spiro atoms. The number of thiazole rings is 4. The maximum absolute atomic E-state index is 11.8. The Morgan fingerprint density at radius 2 is 0.637 bits per heavy atom. The summed E-state index contributed by atoms with van der Waals surface area (Å²) in [5.41, 5.74) is 9.02. The normalized spacial score (nSPS) is 10.1. The molecule has 0 fully saturated rings. The molecule has 16 rings (SSSR count). The lowest BCUT2D eigenvalue weighted by atomic mass is 10.1. The molecular formula is C89H74Br8N8O15S4. The number of rotatable bonds is 20. The third kappa shape index (κ3) is 31.4. The van der Waals surface area contributed by atoms with Gasteiger partial charge in [-0.05, 0) is 236 Å². The van der Waals surface area contributed by atoms with Crippen molar-refractivity contribution >= 4 is 173 Å². The van der Waals surface area contributed by atoms with Crippen LogP contribution in [0.25, 0.3) is 0 Å². The zero-order valence-corrected chi connectivity index (χ0v) is 82.7. The van der Waals surface area contributed by atoms with Gasteiger partial charge in [-0.25, -0.2) is 19.9 Å². The number of hydrogen-bond donors (Lipinski definition) is 0. The van der Waals surface area contributed by atoms with Gasteiger partial charge in [0.1, 0.15) is 51.6 Å². The van der Waals surface area contributed by atoms with Crippen LogP contribution < -0.4 is 74.3 Å². The standard InChI is InChI=1S/2C13H12BrNO3.2C12H10BrNO2.2C10H8BrNO2S.C10H8BrNS.C9H6BrNOS/c1-15-8-12(11(14)7-13(15)16)18-10-5-3-4-9(6-10)17-2;1-15-8-12(9(14)7-13(15)16)18-11-6-4-3-5-10(11)17-2;1-14-8-11(10(13)7-12(14)15)16-9-5-3-2-4-6-9;1-14-8-7-10(13)11(12(14)15)16-9-5-3-2-4-6-9;1-13-7-2-4-8(5-3-7)14-10-9(11)15-6-12-10;1-13-7-4-2-3-5-8(7)14-10-9(11)15-6-12-10;11-10-9(12-7-13-10)6-8-4-2-1-3-5-8;10-8-9(11-6-13-8)12-7-4-2-1-3-5-7/h2*3-8H,1-2H3;2*2-8H,1H3;2*2-6H,1H3;1-5,7H,6H2;1-6H. The Balaban J connectivity index is 0.000000161. The summed E-state index contributed by atoms with van der Waals surface area (Å²) in [6.45, 7) is 0. The number of aromatic nitrogens is 8. The molecule has 640 valence electrons. The van der Waals surface area contributed by atoms with Crippen LogP contribution in [-0.2, 0) is 34.6 Å². The lowest BCUT2D eigenvalue weighted by Gasteiger charge is -2.11. The minimum absolute atomic E-state index is 0.0766. The second kappa shape index (κ2) is 51.2. The third-order valence-electron chi connectivity index (χ3n) is 15.9. The number of hydrogen-bond acceptors (Lipinski definition) is 23. The van der Waals surface area contributed by atoms with Crippen LogP contribution in [0.1, 0.15) is 11.3 Å². The molecule has 16 aromatic rings. The average Bonchev–Trinajstić information content (AvgIpc) is 0.969. The first kappa shape index (κ1) is 97.5. The Labute approximate surface area is 797 Å². The van der Waals surface area contributed by atoms with Gasteiger partial charge < -0.3 is 70.4 Å². The van der Waals surface area contributed by atoms with Crippen LogP contribution in [0.2, 0.25) is 0 Å². The molecule has 0 aliphatic rings. The highest BCUT2D eigenvalue weighted by Crippen LogP contribution is 2.39. The Morgan fingerprint density at radius 3 is 1.06 bits per heavy atom. The van der Waals surface area contributed by atoms with E-state index in [1.165, 1.54) is 76.0 Å². The molecule has 23 nitrogen and oxygen atoms in total. The van der Waals surface area contributed by atoms with Crippen LogP contribution in [0, 0.1) is 0 Å². The molecule has 124 heavy (non-hydrogen) atoms. The molecule has 0 aliphatic carbocycles. The number of halogens is 8. The van der Waals surface area contributed by atoms with Gasteiger partial charge in [0.2, 0.25) is 23.4 Å². The van der Waals surface area contributed by atoms with E-state index in [2.05, 4.69) is 172 Å². The van der Waals surface area contributed by atoms with Gasteiger partial charge in [-0.1, -0.05) is 115 Å². The summed E-state index contributed by atoms with van der Waals surface area (Å²) in [5, 5.41) is 0. The molecule has 0 radical (unpaired) electrons. The predicted molar refractivity (Wildman–Crippen MR) is 518 cm³/mol. The van der Waals surface area contributed by atoms with Crippen LogP contribution in [-0.4, -0.2) is 66.6 Å². The zero-order chi connectivity index (χ0) is 88.9. The van der Waals surface area contributed by atoms with Crippen molar-refractivity contribution in [1.82, 2.24) is 38.2 Å². The maximum Gasteiger partial charge on any atom is 0.294 e. The SMILES string of the molecule is Brc1scnc1Cc1ccccc1.Brc1scnc1Oc1ccccc1.COc1ccc(Oc2ncsc2Br)cc1.COc1cccc(Oc2cn(C)c(=O)cc2Br)c1.COc1ccccc1Oc1cn(C)c(=O)cc1Br.COc1ccccc1Oc1ncsc1Br.Cn1cc(Oc2ccccc2)c(Br)cc1=O.Cn1ccc(Br)c(Oc2ccccc2)c1=O. The molecule has 0 bridgehead atoms. The summed E-state index contributed by atoms with van der Waals surface area (Å²) in [6, 6.07) is 74.2. The van der Waals surface area contributed by atoms with E-state index in [9.17, 15) is 19.2 Å². The minimum atomic E-state index is -0.168.